The molecule has 0 aliphatic carbocycles. The first kappa shape index (κ1) is 16.1. The number of carbonyl (C=O) groups excluding carboxylic acids is 1. The zero-order chi connectivity index (χ0) is 17.1. The highest BCUT2D eigenvalue weighted by molar-refractivity contribution is 6.32. The molecule has 0 saturated carbocycles. The highest BCUT2D eigenvalue weighted by Crippen LogP contribution is 2.24. The monoisotopic (exact) mass is 346 g/mol. The molecule has 1 amide bonds. The van der Waals surface area contributed by atoms with Crippen LogP contribution in [0, 0.1) is 0 Å². The lowest BCUT2D eigenvalue weighted by molar-refractivity contribution is 0.105. The highest BCUT2D eigenvalue weighted by atomic mass is 35.5. The molecule has 1 atom stereocenters. The number of aromatic nitrogens is 5. The van der Waals surface area contributed by atoms with Crippen LogP contribution in [0.4, 0.5) is 4.79 Å². The number of hydrogen-bond acceptors (Lipinski definition) is 6. The van der Waals surface area contributed by atoms with E-state index >= 15 is 0 Å². The van der Waals surface area contributed by atoms with Crippen molar-refractivity contribution in [3.63, 3.8) is 0 Å². The number of ether oxygens (including phenoxy) is 1. The molecule has 124 valence electrons. The molecule has 3 aromatic heterocycles. The Morgan fingerprint density at radius 1 is 1.46 bits per heavy atom. The number of amides is 1. The molecule has 1 N–H and O–H groups in total. The van der Waals surface area contributed by atoms with Gasteiger partial charge in [0.15, 0.2) is 10.8 Å². The maximum absolute atomic E-state index is 11.5. The topological polar surface area (TPSA) is 94.3 Å². The number of fused-ring (bicyclic) bond motifs is 1. The molecule has 0 aliphatic heterocycles. The minimum Gasteiger partial charge on any atom is -0.440 e. The Hall–Kier alpha value is -2.74. The number of nitrogens with zero attached hydrogens (tertiary/aromatic N) is 5. The van der Waals surface area contributed by atoms with Crippen LogP contribution in [0.3, 0.4) is 0 Å². The summed E-state index contributed by atoms with van der Waals surface area (Å²) >= 11 is 6.13. The predicted molar refractivity (Wildman–Crippen MR) is 87.6 cm³/mol. The van der Waals surface area contributed by atoms with Crippen molar-refractivity contribution in [1.82, 2.24) is 29.9 Å². The first-order chi connectivity index (χ1) is 11.6. The van der Waals surface area contributed by atoms with E-state index in [1.54, 1.807) is 36.0 Å². The van der Waals surface area contributed by atoms with E-state index in [-0.39, 0.29) is 5.15 Å². The minimum atomic E-state index is -0.498. The summed E-state index contributed by atoms with van der Waals surface area (Å²) in [5.41, 5.74) is 2.50. The Bertz CT molecular complexity index is 881. The first-order valence-corrected chi connectivity index (χ1v) is 7.73. The van der Waals surface area contributed by atoms with Crippen LogP contribution >= 0.6 is 11.6 Å². The molecule has 0 spiro atoms. The standard InChI is InChI=1S/C15H15ClN6O2/c1-3-17-15(23)24-9(2)11-6-10(4-5-18-11)12-7-22-14(13(16)21-12)19-8-20-22/h4-9H,3H2,1-2H3,(H,17,23)/t9-/m1/s1. The van der Waals surface area contributed by atoms with Crippen LogP contribution in [0.2, 0.25) is 5.15 Å². The summed E-state index contributed by atoms with van der Waals surface area (Å²) in [5, 5.41) is 6.91. The molecule has 3 aromatic rings. The van der Waals surface area contributed by atoms with Gasteiger partial charge >= 0.3 is 6.09 Å². The second kappa shape index (κ2) is 6.79. The second-order valence-electron chi connectivity index (χ2n) is 4.99. The van der Waals surface area contributed by atoms with Gasteiger partial charge in [-0.15, -0.1) is 0 Å². The van der Waals surface area contributed by atoms with Crippen molar-refractivity contribution >= 4 is 23.3 Å². The number of nitrogens with one attached hydrogen (secondary N) is 1. The van der Waals surface area contributed by atoms with Gasteiger partial charge in [0.05, 0.1) is 17.6 Å². The summed E-state index contributed by atoms with van der Waals surface area (Å²) in [6.07, 6.45) is 3.78. The van der Waals surface area contributed by atoms with Crippen molar-refractivity contribution in [1.29, 1.82) is 0 Å². The van der Waals surface area contributed by atoms with Crippen LogP contribution in [0.1, 0.15) is 25.6 Å². The van der Waals surface area contributed by atoms with E-state index in [4.69, 9.17) is 16.3 Å². The molecule has 0 radical (unpaired) electrons. The van der Waals surface area contributed by atoms with E-state index in [2.05, 4.69) is 25.4 Å². The second-order valence-corrected chi connectivity index (χ2v) is 5.35. The van der Waals surface area contributed by atoms with Crippen LogP contribution in [0.15, 0.2) is 30.9 Å². The van der Waals surface area contributed by atoms with Gasteiger partial charge in [-0.25, -0.2) is 19.3 Å². The van der Waals surface area contributed by atoms with Gasteiger partial charge in [-0.3, -0.25) is 4.98 Å². The lowest BCUT2D eigenvalue weighted by Gasteiger charge is -2.13. The third-order valence-corrected chi connectivity index (χ3v) is 3.57. The fourth-order valence-corrected chi connectivity index (χ4v) is 2.40. The van der Waals surface area contributed by atoms with Crippen LogP contribution in [0.5, 0.6) is 0 Å². The van der Waals surface area contributed by atoms with Crippen molar-refractivity contribution in [2.45, 2.75) is 20.0 Å². The smallest absolute Gasteiger partial charge is 0.407 e. The molecule has 8 nitrogen and oxygen atoms in total. The molecule has 0 saturated heterocycles. The molecule has 0 unspecified atom stereocenters. The Balaban J connectivity index is 1.90. The number of halogens is 1. The Kier molecular flexibility index (Phi) is 4.57. The number of carbonyl (C=O) groups is 1. The van der Waals surface area contributed by atoms with E-state index in [1.807, 2.05) is 6.92 Å². The van der Waals surface area contributed by atoms with E-state index < -0.39 is 12.2 Å². The van der Waals surface area contributed by atoms with Gasteiger partial charge in [0.1, 0.15) is 12.4 Å². The van der Waals surface area contributed by atoms with E-state index in [0.29, 0.717) is 23.6 Å². The molecule has 0 bridgehead atoms. The van der Waals surface area contributed by atoms with E-state index in [0.717, 1.165) is 5.56 Å². The fraction of sp³-hybridized carbons (Fsp3) is 0.267. The number of alkyl carbamates (subject to hydrolysis) is 1. The van der Waals surface area contributed by atoms with E-state index in [1.165, 1.54) is 6.33 Å². The third-order valence-electron chi connectivity index (χ3n) is 3.32. The quantitative estimate of drug-likeness (QED) is 0.780. The molecule has 0 aliphatic rings. The number of pyridine rings is 1. The van der Waals surface area contributed by atoms with Crippen molar-refractivity contribution in [2.75, 3.05) is 6.54 Å². The van der Waals surface area contributed by atoms with Crippen LogP contribution in [0.25, 0.3) is 16.9 Å². The summed E-state index contributed by atoms with van der Waals surface area (Å²) < 4.78 is 6.82. The Labute approximate surface area is 142 Å². The number of rotatable bonds is 4. The predicted octanol–water partition coefficient (Wildman–Crippen LogP) is 2.65. The average Bonchev–Trinajstić information content (AvgIpc) is 3.04. The first-order valence-electron chi connectivity index (χ1n) is 7.35. The Morgan fingerprint density at radius 3 is 3.08 bits per heavy atom. The molecule has 0 fully saturated rings. The fourth-order valence-electron chi connectivity index (χ4n) is 2.17. The van der Waals surface area contributed by atoms with Crippen molar-refractivity contribution < 1.29 is 9.53 Å². The van der Waals surface area contributed by atoms with Gasteiger partial charge in [0, 0.05) is 18.3 Å². The Morgan fingerprint density at radius 2 is 2.29 bits per heavy atom. The third kappa shape index (κ3) is 3.28. The maximum Gasteiger partial charge on any atom is 0.407 e. The van der Waals surface area contributed by atoms with Crippen LogP contribution in [-0.2, 0) is 4.74 Å². The van der Waals surface area contributed by atoms with Crippen molar-refractivity contribution in [3.05, 3.63) is 41.7 Å². The summed E-state index contributed by atoms with van der Waals surface area (Å²) in [6.45, 7) is 4.07. The van der Waals surface area contributed by atoms with Gasteiger partial charge in [0.25, 0.3) is 0 Å². The van der Waals surface area contributed by atoms with Crippen LogP contribution in [-0.4, -0.2) is 37.2 Å². The lowest BCUT2D eigenvalue weighted by Crippen LogP contribution is -2.25. The van der Waals surface area contributed by atoms with Gasteiger partial charge in [-0.05, 0) is 26.0 Å². The highest BCUT2D eigenvalue weighted by Gasteiger charge is 2.14. The molecule has 3 rings (SSSR count). The summed E-state index contributed by atoms with van der Waals surface area (Å²) in [6, 6.07) is 3.59. The minimum absolute atomic E-state index is 0.259. The van der Waals surface area contributed by atoms with Gasteiger partial charge < -0.3 is 10.1 Å². The molecule has 24 heavy (non-hydrogen) atoms. The van der Waals surface area contributed by atoms with Crippen LogP contribution < -0.4 is 5.32 Å². The van der Waals surface area contributed by atoms with Crippen molar-refractivity contribution in [3.8, 4) is 11.3 Å². The maximum atomic E-state index is 11.5. The zero-order valence-electron chi connectivity index (χ0n) is 13.1. The van der Waals surface area contributed by atoms with E-state index in [9.17, 15) is 4.79 Å². The zero-order valence-corrected chi connectivity index (χ0v) is 13.9. The van der Waals surface area contributed by atoms with Gasteiger partial charge in [0.2, 0.25) is 0 Å². The average molecular weight is 347 g/mol. The lowest BCUT2D eigenvalue weighted by atomic mass is 10.1. The summed E-state index contributed by atoms with van der Waals surface area (Å²) in [4.78, 5) is 24.1. The number of hydrogen-bond donors (Lipinski definition) is 1. The molecule has 9 heteroatoms. The summed E-state index contributed by atoms with van der Waals surface area (Å²) in [7, 11) is 0. The molecular formula is C15H15ClN6O2. The molecule has 3 heterocycles. The molecule has 0 aromatic carbocycles. The molecular weight excluding hydrogens is 332 g/mol. The SMILES string of the molecule is CCNC(=O)O[C@H](C)c1cc(-c2cn3ncnc3c(Cl)n2)ccn1. The largest absolute Gasteiger partial charge is 0.440 e. The van der Waals surface area contributed by atoms with Gasteiger partial charge in [-0.1, -0.05) is 11.6 Å². The normalized spacial score (nSPS) is 12.1. The van der Waals surface area contributed by atoms with Gasteiger partial charge in [-0.2, -0.15) is 5.10 Å². The summed E-state index contributed by atoms with van der Waals surface area (Å²) in [5.74, 6) is 0. The van der Waals surface area contributed by atoms with Crippen molar-refractivity contribution in [2.24, 2.45) is 0 Å².